The van der Waals surface area contributed by atoms with Gasteiger partial charge in [0.1, 0.15) is 30.9 Å². The third kappa shape index (κ3) is 10.8. The number of nitrogens with zero attached hydrogens (tertiary/aromatic N) is 5. The molecule has 3 aromatic rings. The molecule has 2 amide bonds. The fourth-order valence-corrected chi connectivity index (χ4v) is 7.35. The third-order valence-corrected chi connectivity index (χ3v) is 10.4. The van der Waals surface area contributed by atoms with Crippen molar-refractivity contribution in [3.05, 3.63) is 110 Å². The van der Waals surface area contributed by atoms with Gasteiger partial charge in [0.05, 0.1) is 28.9 Å². The van der Waals surface area contributed by atoms with Crippen molar-refractivity contribution in [1.82, 2.24) is 9.80 Å². The molecule has 17 nitrogen and oxygen atoms in total. The number of aliphatic imine (C=N–C) groups is 1. The van der Waals surface area contributed by atoms with Crippen LogP contribution < -0.4 is 4.74 Å². The van der Waals surface area contributed by atoms with Crippen LogP contribution in [0.15, 0.2) is 77.8 Å². The fourth-order valence-electron chi connectivity index (χ4n) is 6.24. The zero-order valence-electron chi connectivity index (χ0n) is 30.2. The smallest absolute Gasteiger partial charge is 0.497 e. The monoisotopic (exact) mass is 777 g/mol. The number of carbonyl (C=O) groups is 4. The van der Waals surface area contributed by atoms with Gasteiger partial charge < -0.3 is 28.7 Å². The summed E-state index contributed by atoms with van der Waals surface area (Å²) in [7, 11) is 1.55. The number of rotatable bonds is 14. The average Bonchev–Trinajstić information content (AvgIpc) is 3.64. The Morgan fingerprint density at radius 1 is 0.891 bits per heavy atom. The SMILES string of the molecule is COc1ccc(CN2C(=O)[C@H]([C@@H](C)OC(=O)OCc3ccc([N+](=O)[O-])cc3)[C@H]2CC(=O)S[C@H]2CCN(C(C)=NC(=O)OCc3ccc([N+](=O)[O-])cc3)C2)cc1. The molecule has 5 rings (SSSR count). The van der Waals surface area contributed by atoms with Crippen molar-refractivity contribution in [2.75, 3.05) is 20.2 Å². The zero-order chi connectivity index (χ0) is 39.6. The second-order valence-corrected chi connectivity index (χ2v) is 14.2. The van der Waals surface area contributed by atoms with E-state index >= 15 is 0 Å². The molecular formula is C37H39N5O12S. The molecule has 3 aromatic carbocycles. The first-order chi connectivity index (χ1) is 26.3. The molecular weight excluding hydrogens is 738 g/mol. The summed E-state index contributed by atoms with van der Waals surface area (Å²) in [6.07, 6.45) is -2.12. The van der Waals surface area contributed by atoms with Crippen LogP contribution in [0.5, 0.6) is 5.75 Å². The van der Waals surface area contributed by atoms with Crippen molar-refractivity contribution in [2.45, 2.75) is 63.8 Å². The molecule has 18 heteroatoms. The lowest BCUT2D eigenvalue weighted by Crippen LogP contribution is -2.64. The van der Waals surface area contributed by atoms with Crippen LogP contribution in [0, 0.1) is 26.1 Å². The summed E-state index contributed by atoms with van der Waals surface area (Å²) in [6, 6.07) is 17.8. The molecule has 0 radical (unpaired) electrons. The quantitative estimate of drug-likeness (QED) is 0.0455. The van der Waals surface area contributed by atoms with Gasteiger partial charge in [-0.3, -0.25) is 29.8 Å². The third-order valence-electron chi connectivity index (χ3n) is 9.23. The average molecular weight is 778 g/mol. The minimum Gasteiger partial charge on any atom is -0.497 e. The number of hydrogen-bond acceptors (Lipinski definition) is 13. The lowest BCUT2D eigenvalue weighted by molar-refractivity contribution is -0.385. The molecule has 2 aliphatic rings. The van der Waals surface area contributed by atoms with E-state index in [9.17, 15) is 39.4 Å². The molecule has 0 aromatic heterocycles. The number of ether oxygens (including phenoxy) is 4. The summed E-state index contributed by atoms with van der Waals surface area (Å²) in [4.78, 5) is 80.2. The molecule has 0 saturated carbocycles. The molecule has 0 N–H and O–H groups in total. The normalized spacial score (nSPS) is 18.6. The summed E-state index contributed by atoms with van der Waals surface area (Å²) in [5.41, 5.74) is 1.72. The molecule has 2 heterocycles. The van der Waals surface area contributed by atoms with Crippen LogP contribution in [-0.4, -0.2) is 86.3 Å². The van der Waals surface area contributed by atoms with E-state index < -0.39 is 40.2 Å². The Bertz CT molecular complexity index is 1920. The molecule has 55 heavy (non-hydrogen) atoms. The van der Waals surface area contributed by atoms with Crippen LogP contribution in [0.2, 0.25) is 0 Å². The number of carbonyl (C=O) groups excluding carboxylic acids is 4. The van der Waals surface area contributed by atoms with Crippen molar-refractivity contribution >= 4 is 52.2 Å². The highest BCUT2D eigenvalue weighted by Crippen LogP contribution is 2.37. The number of likely N-dealkylation sites (tertiary alicyclic amines) is 2. The van der Waals surface area contributed by atoms with Crippen LogP contribution in [0.3, 0.4) is 0 Å². The number of non-ortho nitro benzene ring substituents is 2. The van der Waals surface area contributed by atoms with Crippen LogP contribution >= 0.6 is 11.8 Å². The second kappa shape index (κ2) is 18.3. The van der Waals surface area contributed by atoms with Crippen molar-refractivity contribution in [1.29, 1.82) is 0 Å². The maximum atomic E-state index is 13.5. The Hall–Kier alpha value is -6.04. The Kier molecular flexibility index (Phi) is 13.4. The van der Waals surface area contributed by atoms with Gasteiger partial charge in [-0.2, -0.15) is 4.99 Å². The summed E-state index contributed by atoms with van der Waals surface area (Å²) >= 11 is 1.16. The Labute approximate surface area is 319 Å². The summed E-state index contributed by atoms with van der Waals surface area (Å²) in [5.74, 6) is -0.0141. The predicted octanol–water partition coefficient (Wildman–Crippen LogP) is 6.06. The van der Waals surface area contributed by atoms with Crippen LogP contribution in [0.4, 0.5) is 21.0 Å². The van der Waals surface area contributed by atoms with Gasteiger partial charge in [0.25, 0.3) is 11.4 Å². The number of hydrogen-bond donors (Lipinski definition) is 0. The molecule has 0 unspecified atom stereocenters. The Balaban J connectivity index is 1.15. The van der Waals surface area contributed by atoms with Crippen LogP contribution in [0.25, 0.3) is 0 Å². The van der Waals surface area contributed by atoms with E-state index in [4.69, 9.17) is 18.9 Å². The van der Waals surface area contributed by atoms with Crippen molar-refractivity contribution in [3.8, 4) is 5.75 Å². The summed E-state index contributed by atoms with van der Waals surface area (Å²) < 4.78 is 21.1. The van der Waals surface area contributed by atoms with Crippen molar-refractivity contribution < 1.29 is 48.0 Å². The molecule has 4 atom stereocenters. The molecule has 2 fully saturated rings. The van der Waals surface area contributed by atoms with E-state index in [2.05, 4.69) is 4.99 Å². The van der Waals surface area contributed by atoms with Gasteiger partial charge >= 0.3 is 12.2 Å². The predicted molar refractivity (Wildman–Crippen MR) is 198 cm³/mol. The van der Waals surface area contributed by atoms with Crippen LogP contribution in [-0.2, 0) is 43.6 Å². The lowest BCUT2D eigenvalue weighted by Gasteiger charge is -2.48. The van der Waals surface area contributed by atoms with Gasteiger partial charge in [-0.1, -0.05) is 23.9 Å². The maximum Gasteiger partial charge on any atom is 0.508 e. The number of benzene rings is 3. The van der Waals surface area contributed by atoms with E-state index in [1.807, 2.05) is 17.0 Å². The molecule has 0 bridgehead atoms. The molecule has 290 valence electrons. The van der Waals surface area contributed by atoms with E-state index in [1.54, 1.807) is 38.0 Å². The second-order valence-electron chi connectivity index (χ2n) is 12.9. The first-order valence-electron chi connectivity index (χ1n) is 17.2. The highest BCUT2D eigenvalue weighted by molar-refractivity contribution is 8.14. The first kappa shape index (κ1) is 40.2. The number of amides is 2. The van der Waals surface area contributed by atoms with E-state index in [1.165, 1.54) is 48.5 Å². The van der Waals surface area contributed by atoms with Gasteiger partial charge in [-0.05, 0) is 73.4 Å². The minimum atomic E-state index is -1.02. The van der Waals surface area contributed by atoms with Gasteiger partial charge in [0.2, 0.25) is 5.91 Å². The lowest BCUT2D eigenvalue weighted by atomic mass is 9.81. The number of nitro groups is 2. The number of nitro benzene ring substituents is 2. The number of thioether (sulfide) groups is 1. The Morgan fingerprint density at radius 2 is 1.45 bits per heavy atom. The van der Waals surface area contributed by atoms with Gasteiger partial charge in [-0.25, -0.2) is 9.59 Å². The number of β-lactam (4-membered cyclic amide) rings is 1. The largest absolute Gasteiger partial charge is 0.508 e. The Morgan fingerprint density at radius 3 is 2.02 bits per heavy atom. The minimum absolute atomic E-state index is 0.00130. The standard InChI is InChI=1S/C37H39N5O12S/c1-23(54-37(46)53-22-27-6-12-29(13-7-27)42(49)50)34-32(40(35(34)44)19-25-8-14-30(51-3)15-9-25)18-33(43)55-31-16-17-39(20-31)24(2)38-36(45)52-21-26-4-10-28(11-5-26)41(47)48/h4-15,23,31-32,34H,16-22H2,1-3H3/t23-,31+,32-,34-/m1/s1. The summed E-state index contributed by atoms with van der Waals surface area (Å²) in [6.45, 7) is 4.16. The van der Waals surface area contributed by atoms with E-state index in [0.717, 1.165) is 17.3 Å². The van der Waals surface area contributed by atoms with Crippen molar-refractivity contribution in [2.24, 2.45) is 10.9 Å². The first-order valence-corrected chi connectivity index (χ1v) is 18.1. The zero-order valence-corrected chi connectivity index (χ0v) is 31.0. The van der Waals surface area contributed by atoms with Gasteiger partial charge in [0.15, 0.2) is 5.12 Å². The molecule has 2 saturated heterocycles. The van der Waals surface area contributed by atoms with E-state index in [-0.39, 0.29) is 53.8 Å². The fraction of sp³-hybridized carbons (Fsp3) is 0.378. The van der Waals surface area contributed by atoms with Crippen molar-refractivity contribution in [3.63, 3.8) is 0 Å². The molecule has 2 aliphatic heterocycles. The topological polar surface area (TPSA) is 210 Å². The number of amidine groups is 1. The van der Waals surface area contributed by atoms with Gasteiger partial charge in [-0.15, -0.1) is 0 Å². The summed E-state index contributed by atoms with van der Waals surface area (Å²) in [5, 5.41) is 21.5. The number of methoxy groups -OCH3 is 1. The highest BCUT2D eigenvalue weighted by atomic mass is 32.2. The highest BCUT2D eigenvalue weighted by Gasteiger charge is 2.52. The molecule has 0 spiro atoms. The molecule has 0 aliphatic carbocycles. The van der Waals surface area contributed by atoms with Crippen LogP contribution in [0.1, 0.15) is 43.4 Å². The van der Waals surface area contributed by atoms with Gasteiger partial charge in [0, 0.05) is 55.6 Å². The van der Waals surface area contributed by atoms with E-state index in [0.29, 0.717) is 42.2 Å². The maximum absolute atomic E-state index is 13.5.